The zero-order chi connectivity index (χ0) is 24.0. The molecular weight excluding hydrogens is 468 g/mol. The number of fused-ring (bicyclic) bond motifs is 2. The number of pyridine rings is 1. The number of hydrogen-bond donors (Lipinski definition) is 3. The molecule has 3 N–H and O–H groups in total. The number of amides is 1. The number of halogens is 1. The molecule has 2 aromatic heterocycles. The van der Waals surface area contributed by atoms with Gasteiger partial charge in [-0.05, 0) is 43.9 Å². The summed E-state index contributed by atoms with van der Waals surface area (Å²) in [6, 6.07) is 7.39. The standard InChI is InChI=1S/C26H27ClN4O4/c1-33-23-17(27)5-2-6-18(23)30-22-20-24(26(8-9-26)14-29-25(20)32)31-21(22)16-7-10-28-12-19(16)35-13-15-4-3-11-34-15/h2,5-7,10,12,15,30-31H,3-4,8-9,11,13-14H2,1H3,(H,29,32). The molecule has 4 heterocycles. The third kappa shape index (κ3) is 3.90. The van der Waals surface area contributed by atoms with Gasteiger partial charge in [-0.25, -0.2) is 0 Å². The van der Waals surface area contributed by atoms with Gasteiger partial charge in [-0.3, -0.25) is 9.78 Å². The van der Waals surface area contributed by atoms with E-state index in [1.165, 1.54) is 0 Å². The average Bonchev–Trinajstić information content (AvgIpc) is 3.26. The third-order valence-corrected chi connectivity index (χ3v) is 7.43. The molecule has 1 aromatic carbocycles. The van der Waals surface area contributed by atoms with Gasteiger partial charge in [0.2, 0.25) is 0 Å². The van der Waals surface area contributed by atoms with Gasteiger partial charge in [0.05, 0.1) is 47.1 Å². The Morgan fingerprint density at radius 1 is 1.31 bits per heavy atom. The summed E-state index contributed by atoms with van der Waals surface area (Å²) in [6.07, 6.45) is 7.60. The summed E-state index contributed by atoms with van der Waals surface area (Å²) in [6.45, 7) is 1.86. The van der Waals surface area contributed by atoms with E-state index in [1.807, 2.05) is 18.2 Å². The lowest BCUT2D eigenvalue weighted by atomic mass is 9.93. The molecule has 182 valence electrons. The van der Waals surface area contributed by atoms with Gasteiger partial charge in [-0.1, -0.05) is 17.7 Å². The number of anilines is 2. The van der Waals surface area contributed by atoms with Crippen LogP contribution in [0.25, 0.3) is 11.3 Å². The third-order valence-electron chi connectivity index (χ3n) is 7.13. The smallest absolute Gasteiger partial charge is 0.255 e. The van der Waals surface area contributed by atoms with E-state index in [1.54, 1.807) is 25.6 Å². The Bertz CT molecular complexity index is 1280. The molecule has 1 atom stereocenters. The van der Waals surface area contributed by atoms with Crippen molar-refractivity contribution in [3.8, 4) is 22.8 Å². The number of ether oxygens (including phenoxy) is 3. The lowest BCUT2D eigenvalue weighted by Crippen LogP contribution is -2.39. The van der Waals surface area contributed by atoms with E-state index in [0.29, 0.717) is 46.6 Å². The van der Waals surface area contributed by atoms with Gasteiger partial charge < -0.3 is 29.8 Å². The monoisotopic (exact) mass is 494 g/mol. The van der Waals surface area contributed by atoms with E-state index >= 15 is 0 Å². The fraction of sp³-hybridized carbons (Fsp3) is 0.385. The maximum atomic E-state index is 13.2. The Hall–Kier alpha value is -3.23. The summed E-state index contributed by atoms with van der Waals surface area (Å²) in [4.78, 5) is 21.1. The highest BCUT2D eigenvalue weighted by molar-refractivity contribution is 6.32. The first-order chi connectivity index (χ1) is 17.1. The highest BCUT2D eigenvalue weighted by Gasteiger charge is 2.51. The van der Waals surface area contributed by atoms with Crippen LogP contribution in [0.2, 0.25) is 5.02 Å². The molecule has 1 spiro atoms. The molecule has 1 unspecified atom stereocenters. The minimum absolute atomic E-state index is 0.0535. The van der Waals surface area contributed by atoms with Crippen molar-refractivity contribution in [2.45, 2.75) is 37.2 Å². The molecule has 9 heteroatoms. The van der Waals surface area contributed by atoms with E-state index in [0.717, 1.165) is 49.2 Å². The minimum atomic E-state index is -0.112. The predicted octanol–water partition coefficient (Wildman–Crippen LogP) is 4.82. The van der Waals surface area contributed by atoms with E-state index in [2.05, 4.69) is 20.6 Å². The molecular formula is C26H27ClN4O4. The van der Waals surface area contributed by atoms with E-state index in [-0.39, 0.29) is 17.4 Å². The van der Waals surface area contributed by atoms with Crippen molar-refractivity contribution in [1.82, 2.24) is 15.3 Å². The van der Waals surface area contributed by atoms with Gasteiger partial charge in [-0.15, -0.1) is 0 Å². The molecule has 2 fully saturated rings. The largest absolute Gasteiger partial charge is 0.493 e. The molecule has 3 aliphatic rings. The Balaban J connectivity index is 1.47. The first kappa shape index (κ1) is 22.2. The summed E-state index contributed by atoms with van der Waals surface area (Å²) >= 11 is 6.39. The molecule has 0 bridgehead atoms. The van der Waals surface area contributed by atoms with E-state index in [4.69, 9.17) is 25.8 Å². The quantitative estimate of drug-likeness (QED) is 0.436. The number of hydrogen-bond acceptors (Lipinski definition) is 6. The first-order valence-electron chi connectivity index (χ1n) is 11.9. The van der Waals surface area contributed by atoms with Crippen LogP contribution in [-0.4, -0.2) is 48.8 Å². The lowest BCUT2D eigenvalue weighted by Gasteiger charge is -2.23. The summed E-state index contributed by atoms with van der Waals surface area (Å²) in [5.74, 6) is 1.03. The van der Waals surface area contributed by atoms with Crippen LogP contribution < -0.4 is 20.1 Å². The Labute approximate surface area is 208 Å². The highest BCUT2D eigenvalue weighted by atomic mass is 35.5. The fourth-order valence-electron chi connectivity index (χ4n) is 5.07. The van der Waals surface area contributed by atoms with Crippen molar-refractivity contribution in [3.63, 3.8) is 0 Å². The normalized spacial score (nSPS) is 19.8. The number of carbonyl (C=O) groups is 1. The second-order valence-corrected chi connectivity index (χ2v) is 9.76. The molecule has 2 aliphatic heterocycles. The van der Waals surface area contributed by atoms with Crippen molar-refractivity contribution in [2.75, 3.05) is 32.2 Å². The number of rotatable bonds is 7. The first-order valence-corrected chi connectivity index (χ1v) is 12.3. The zero-order valence-electron chi connectivity index (χ0n) is 19.4. The number of aromatic nitrogens is 2. The Morgan fingerprint density at radius 3 is 2.97 bits per heavy atom. The highest BCUT2D eigenvalue weighted by Crippen LogP contribution is 2.54. The maximum Gasteiger partial charge on any atom is 0.255 e. The van der Waals surface area contributed by atoms with Crippen molar-refractivity contribution in [2.24, 2.45) is 0 Å². The maximum absolute atomic E-state index is 13.2. The van der Waals surface area contributed by atoms with Gasteiger partial charge in [-0.2, -0.15) is 0 Å². The second kappa shape index (κ2) is 8.77. The van der Waals surface area contributed by atoms with Gasteiger partial charge in [0.25, 0.3) is 5.91 Å². The SMILES string of the molecule is COc1c(Cl)cccc1Nc1c(-c2ccncc2OCC2CCCO2)[nH]c2c1C(=O)NCC21CC1. The topological polar surface area (TPSA) is 97.5 Å². The van der Waals surface area contributed by atoms with Crippen LogP contribution in [0.1, 0.15) is 41.7 Å². The molecule has 0 radical (unpaired) electrons. The van der Waals surface area contributed by atoms with Crippen LogP contribution in [0.4, 0.5) is 11.4 Å². The van der Waals surface area contributed by atoms with E-state index < -0.39 is 0 Å². The minimum Gasteiger partial charge on any atom is -0.493 e. The van der Waals surface area contributed by atoms with Gasteiger partial charge in [0.1, 0.15) is 12.4 Å². The van der Waals surface area contributed by atoms with Crippen LogP contribution in [-0.2, 0) is 10.2 Å². The molecule has 1 amide bonds. The second-order valence-electron chi connectivity index (χ2n) is 9.35. The van der Waals surface area contributed by atoms with E-state index in [9.17, 15) is 4.79 Å². The molecule has 1 saturated carbocycles. The molecule has 1 aliphatic carbocycles. The van der Waals surface area contributed by atoms with Crippen LogP contribution in [0.3, 0.4) is 0 Å². The number of aromatic amines is 1. The molecule has 8 nitrogen and oxygen atoms in total. The van der Waals surface area contributed by atoms with Crippen LogP contribution >= 0.6 is 11.6 Å². The fourth-order valence-corrected chi connectivity index (χ4v) is 5.32. The Kier molecular flexibility index (Phi) is 5.57. The number of benzene rings is 1. The summed E-state index contributed by atoms with van der Waals surface area (Å²) in [5.41, 5.74) is 4.44. The zero-order valence-corrected chi connectivity index (χ0v) is 20.2. The van der Waals surface area contributed by atoms with Crippen molar-refractivity contribution in [3.05, 3.63) is 52.9 Å². The molecule has 1 saturated heterocycles. The summed E-state index contributed by atoms with van der Waals surface area (Å²) < 4.78 is 17.5. The summed E-state index contributed by atoms with van der Waals surface area (Å²) in [7, 11) is 1.58. The number of carbonyl (C=O) groups excluding carboxylic acids is 1. The van der Waals surface area contributed by atoms with Crippen LogP contribution in [0.5, 0.6) is 11.5 Å². The molecule has 3 aromatic rings. The predicted molar refractivity (Wildman–Crippen MR) is 133 cm³/mol. The van der Waals surface area contributed by atoms with Gasteiger partial charge in [0.15, 0.2) is 5.75 Å². The van der Waals surface area contributed by atoms with Gasteiger partial charge in [0, 0.05) is 36.0 Å². The number of H-pyrrole nitrogens is 1. The van der Waals surface area contributed by atoms with Crippen molar-refractivity contribution < 1.29 is 19.0 Å². The lowest BCUT2D eigenvalue weighted by molar-refractivity contribution is 0.0680. The average molecular weight is 495 g/mol. The summed E-state index contributed by atoms with van der Waals surface area (Å²) in [5, 5.41) is 7.02. The Morgan fingerprint density at radius 2 is 2.20 bits per heavy atom. The van der Waals surface area contributed by atoms with Gasteiger partial charge >= 0.3 is 0 Å². The molecule has 6 rings (SSSR count). The number of methoxy groups -OCH3 is 1. The van der Waals surface area contributed by atoms with Crippen LogP contribution in [0, 0.1) is 0 Å². The number of nitrogens with one attached hydrogen (secondary N) is 3. The van der Waals surface area contributed by atoms with Crippen LogP contribution in [0.15, 0.2) is 36.7 Å². The number of nitrogens with zero attached hydrogens (tertiary/aromatic N) is 1. The van der Waals surface area contributed by atoms with Crippen molar-refractivity contribution in [1.29, 1.82) is 0 Å². The molecule has 35 heavy (non-hydrogen) atoms. The van der Waals surface area contributed by atoms with Crippen molar-refractivity contribution >= 4 is 28.9 Å². The number of para-hydroxylation sites is 1.